The maximum atomic E-state index is 14.7. The Morgan fingerprint density at radius 1 is 1.24 bits per heavy atom. The number of alkyl halides is 2. The molecular weight excluding hydrogens is 385 g/mol. The fourth-order valence-corrected chi connectivity index (χ4v) is 3.15. The van der Waals surface area contributed by atoms with E-state index in [-0.39, 0.29) is 17.7 Å². The number of hydrogen-bond acceptors (Lipinski definition) is 5. The molecule has 1 fully saturated rings. The molecule has 166 valence electrons. The summed E-state index contributed by atoms with van der Waals surface area (Å²) in [5.41, 5.74) is 0.0891. The zero-order chi connectivity index (χ0) is 22.2. The highest BCUT2D eigenvalue weighted by molar-refractivity contribution is 5.37. The minimum atomic E-state index is -3.06. The SMILES string of the molecule is CC(C)(C)OC=O.COCC(F)(F)C(c1ccc(F)cc1)N1C[C@H](C)NC[C@H]1C. The second-order valence-corrected chi connectivity index (χ2v) is 8.33. The maximum absolute atomic E-state index is 14.7. The van der Waals surface area contributed by atoms with Crippen molar-refractivity contribution < 1.29 is 27.4 Å². The third-order valence-electron chi connectivity index (χ3n) is 4.47. The Morgan fingerprint density at radius 3 is 2.28 bits per heavy atom. The van der Waals surface area contributed by atoms with E-state index in [4.69, 9.17) is 4.74 Å². The van der Waals surface area contributed by atoms with Crippen molar-refractivity contribution in [1.29, 1.82) is 0 Å². The second kappa shape index (κ2) is 10.9. The van der Waals surface area contributed by atoms with E-state index in [2.05, 4.69) is 10.1 Å². The summed E-state index contributed by atoms with van der Waals surface area (Å²) in [4.78, 5) is 11.4. The number of nitrogens with one attached hydrogen (secondary N) is 1. The van der Waals surface area contributed by atoms with Crippen LogP contribution in [0.1, 0.15) is 46.2 Å². The number of hydrogen-bond donors (Lipinski definition) is 1. The van der Waals surface area contributed by atoms with Crippen LogP contribution in [0.3, 0.4) is 0 Å². The number of rotatable bonds is 6. The summed E-state index contributed by atoms with van der Waals surface area (Å²) < 4.78 is 51.8. The van der Waals surface area contributed by atoms with Gasteiger partial charge in [0.2, 0.25) is 0 Å². The van der Waals surface area contributed by atoms with Gasteiger partial charge >= 0.3 is 0 Å². The van der Waals surface area contributed by atoms with Crippen LogP contribution in [0.4, 0.5) is 13.2 Å². The zero-order valence-corrected chi connectivity index (χ0v) is 18.0. The lowest BCUT2D eigenvalue weighted by Gasteiger charge is -2.45. The molecular formula is C21H33F3N2O3. The first kappa shape index (κ1) is 25.4. The molecule has 1 heterocycles. The molecule has 29 heavy (non-hydrogen) atoms. The molecule has 0 radical (unpaired) electrons. The van der Waals surface area contributed by atoms with Crippen molar-refractivity contribution in [2.45, 2.75) is 64.3 Å². The average Bonchev–Trinajstić information content (AvgIpc) is 2.59. The van der Waals surface area contributed by atoms with Gasteiger partial charge in [-0.2, -0.15) is 0 Å². The van der Waals surface area contributed by atoms with Gasteiger partial charge in [0.25, 0.3) is 12.4 Å². The zero-order valence-electron chi connectivity index (χ0n) is 18.0. The Hall–Kier alpha value is -1.64. The van der Waals surface area contributed by atoms with Crippen molar-refractivity contribution in [2.75, 3.05) is 26.8 Å². The van der Waals surface area contributed by atoms with Crippen LogP contribution in [-0.4, -0.2) is 61.8 Å². The monoisotopic (exact) mass is 418 g/mol. The molecule has 1 saturated heterocycles. The van der Waals surface area contributed by atoms with Gasteiger partial charge in [0.1, 0.15) is 24.1 Å². The lowest BCUT2D eigenvalue weighted by atomic mass is 9.95. The first-order valence-corrected chi connectivity index (χ1v) is 9.64. The van der Waals surface area contributed by atoms with Crippen LogP contribution in [0, 0.1) is 5.82 Å². The van der Waals surface area contributed by atoms with Gasteiger partial charge in [0.05, 0.1) is 0 Å². The van der Waals surface area contributed by atoms with Crippen molar-refractivity contribution in [3.05, 3.63) is 35.6 Å². The molecule has 0 bridgehead atoms. The van der Waals surface area contributed by atoms with Crippen LogP contribution in [0.5, 0.6) is 0 Å². The third-order valence-corrected chi connectivity index (χ3v) is 4.47. The van der Waals surface area contributed by atoms with E-state index >= 15 is 0 Å². The molecule has 1 N–H and O–H groups in total. The normalized spacial score (nSPS) is 21.7. The van der Waals surface area contributed by atoms with Crippen LogP contribution >= 0.6 is 0 Å². The fourth-order valence-electron chi connectivity index (χ4n) is 3.15. The van der Waals surface area contributed by atoms with Gasteiger partial charge < -0.3 is 14.8 Å². The largest absolute Gasteiger partial charge is 0.462 e. The van der Waals surface area contributed by atoms with Gasteiger partial charge in [-0.15, -0.1) is 0 Å². The number of methoxy groups -OCH3 is 1. The first-order chi connectivity index (χ1) is 13.4. The molecule has 0 aromatic heterocycles. The average molecular weight is 419 g/mol. The van der Waals surface area contributed by atoms with Crippen LogP contribution in [0.15, 0.2) is 24.3 Å². The molecule has 0 saturated carbocycles. The Labute approximate surface area is 171 Å². The molecule has 1 aliphatic rings. The number of ether oxygens (including phenoxy) is 2. The van der Waals surface area contributed by atoms with Crippen molar-refractivity contribution in [3.63, 3.8) is 0 Å². The Morgan fingerprint density at radius 2 is 1.83 bits per heavy atom. The molecule has 1 unspecified atom stereocenters. The second-order valence-electron chi connectivity index (χ2n) is 8.33. The van der Waals surface area contributed by atoms with Crippen molar-refractivity contribution in [1.82, 2.24) is 10.2 Å². The van der Waals surface area contributed by atoms with E-state index < -0.39 is 24.4 Å². The highest BCUT2D eigenvalue weighted by Gasteiger charge is 2.46. The summed E-state index contributed by atoms with van der Waals surface area (Å²) in [6, 6.07) is 4.26. The minimum absolute atomic E-state index is 0.0472. The molecule has 0 spiro atoms. The number of halogens is 3. The smallest absolute Gasteiger partial charge is 0.293 e. The van der Waals surface area contributed by atoms with Crippen LogP contribution in [0.2, 0.25) is 0 Å². The van der Waals surface area contributed by atoms with E-state index in [0.29, 0.717) is 25.1 Å². The predicted molar refractivity (Wildman–Crippen MR) is 106 cm³/mol. The highest BCUT2D eigenvalue weighted by Crippen LogP contribution is 2.38. The topological polar surface area (TPSA) is 50.8 Å². The molecule has 0 amide bonds. The number of benzene rings is 1. The van der Waals surface area contributed by atoms with Crippen molar-refractivity contribution in [2.24, 2.45) is 0 Å². The summed E-state index contributed by atoms with van der Waals surface area (Å²) in [7, 11) is 1.26. The van der Waals surface area contributed by atoms with E-state index in [0.717, 1.165) is 0 Å². The molecule has 8 heteroatoms. The van der Waals surface area contributed by atoms with E-state index in [1.165, 1.54) is 31.4 Å². The number of piperazine rings is 1. The Kier molecular flexibility index (Phi) is 9.58. The van der Waals surface area contributed by atoms with Crippen molar-refractivity contribution in [3.8, 4) is 0 Å². The minimum Gasteiger partial charge on any atom is -0.462 e. The van der Waals surface area contributed by atoms with Gasteiger partial charge in [-0.3, -0.25) is 9.69 Å². The summed E-state index contributed by atoms with van der Waals surface area (Å²) in [5, 5.41) is 3.28. The standard InChI is InChI=1S/C16H23F3N2O.C5H10O2/c1-11-9-21(12(2)8-20-11)15(16(18,19)10-22-3)13-4-6-14(17)7-5-13;1-5(2,3)7-4-6/h4-7,11-12,15,20H,8-10H2,1-3H3;4H,1-3H3/t11-,12+,15?;/m0./s1. The highest BCUT2D eigenvalue weighted by atomic mass is 19.3. The van der Waals surface area contributed by atoms with Gasteiger partial charge in [-0.1, -0.05) is 12.1 Å². The van der Waals surface area contributed by atoms with Gasteiger partial charge in [-0.05, 0) is 52.3 Å². The number of nitrogens with zero attached hydrogens (tertiary/aromatic N) is 1. The number of carbonyl (C=O) groups excluding carboxylic acids is 1. The third kappa shape index (κ3) is 8.32. The van der Waals surface area contributed by atoms with Crippen LogP contribution in [-0.2, 0) is 14.3 Å². The quantitative estimate of drug-likeness (QED) is 0.713. The summed E-state index contributed by atoms with van der Waals surface area (Å²) in [6.45, 7) is 10.3. The van der Waals surface area contributed by atoms with Crippen LogP contribution in [0.25, 0.3) is 0 Å². The molecule has 5 nitrogen and oxygen atoms in total. The van der Waals surface area contributed by atoms with Gasteiger partial charge in [0, 0.05) is 32.3 Å². The van der Waals surface area contributed by atoms with Gasteiger partial charge in [0.15, 0.2) is 0 Å². The Bertz CT molecular complexity index is 621. The fraction of sp³-hybridized carbons (Fsp3) is 0.667. The summed E-state index contributed by atoms with van der Waals surface area (Å²) >= 11 is 0. The maximum Gasteiger partial charge on any atom is 0.293 e. The molecule has 3 atom stereocenters. The molecule has 2 rings (SSSR count). The summed E-state index contributed by atoms with van der Waals surface area (Å²) in [6.07, 6.45) is 0. The predicted octanol–water partition coefficient (Wildman–Crippen LogP) is 3.79. The van der Waals surface area contributed by atoms with Crippen molar-refractivity contribution >= 4 is 6.47 Å². The van der Waals surface area contributed by atoms with Crippen LogP contribution < -0.4 is 5.32 Å². The van der Waals surface area contributed by atoms with E-state index in [9.17, 15) is 18.0 Å². The lowest BCUT2D eigenvalue weighted by molar-refractivity contribution is -0.138. The molecule has 1 aromatic rings. The first-order valence-electron chi connectivity index (χ1n) is 9.64. The number of carbonyl (C=O) groups is 1. The summed E-state index contributed by atoms with van der Waals surface area (Å²) in [5.74, 6) is -3.49. The lowest BCUT2D eigenvalue weighted by Crippen LogP contribution is -2.58. The van der Waals surface area contributed by atoms with E-state index in [1.54, 1.807) is 4.90 Å². The Balaban J connectivity index is 0.000000516. The molecule has 0 aliphatic carbocycles. The van der Waals surface area contributed by atoms with E-state index in [1.807, 2.05) is 34.6 Å². The van der Waals surface area contributed by atoms with Gasteiger partial charge in [-0.25, -0.2) is 13.2 Å². The molecule has 1 aromatic carbocycles. The molecule has 1 aliphatic heterocycles.